The van der Waals surface area contributed by atoms with E-state index in [0.29, 0.717) is 38.6 Å². The van der Waals surface area contributed by atoms with E-state index in [-0.39, 0.29) is 6.04 Å². The SMILES string of the molecule is CCNC(=NCc1cccc(-n2cccn2)c1)NC1CCN(CC(F)(F)F)C1. The van der Waals surface area contributed by atoms with Gasteiger partial charge in [0.05, 0.1) is 18.8 Å². The zero-order valence-electron chi connectivity index (χ0n) is 15.8. The lowest BCUT2D eigenvalue weighted by Crippen LogP contribution is -2.45. The summed E-state index contributed by atoms with van der Waals surface area (Å²) in [4.78, 5) is 6.02. The van der Waals surface area contributed by atoms with Crippen LogP contribution in [0.25, 0.3) is 5.69 Å². The molecule has 1 aromatic heterocycles. The van der Waals surface area contributed by atoms with Gasteiger partial charge < -0.3 is 10.6 Å². The molecule has 0 bridgehead atoms. The Balaban J connectivity index is 1.60. The summed E-state index contributed by atoms with van der Waals surface area (Å²) in [5.41, 5.74) is 1.98. The van der Waals surface area contributed by atoms with E-state index in [9.17, 15) is 13.2 Å². The minimum atomic E-state index is -4.16. The van der Waals surface area contributed by atoms with Gasteiger partial charge in [-0.1, -0.05) is 12.1 Å². The number of hydrogen-bond acceptors (Lipinski definition) is 3. The molecule has 9 heteroatoms. The number of nitrogens with one attached hydrogen (secondary N) is 2. The van der Waals surface area contributed by atoms with Crippen LogP contribution >= 0.6 is 0 Å². The van der Waals surface area contributed by atoms with Gasteiger partial charge in [0.2, 0.25) is 0 Å². The van der Waals surface area contributed by atoms with Crippen molar-refractivity contribution in [1.82, 2.24) is 25.3 Å². The Bertz CT molecular complexity index is 772. The molecule has 1 aliphatic rings. The van der Waals surface area contributed by atoms with Gasteiger partial charge in [-0.2, -0.15) is 18.3 Å². The first-order valence-electron chi connectivity index (χ1n) is 9.36. The molecule has 1 unspecified atom stereocenters. The lowest BCUT2D eigenvalue weighted by atomic mass is 10.2. The molecule has 2 aromatic rings. The highest BCUT2D eigenvalue weighted by Gasteiger charge is 2.34. The van der Waals surface area contributed by atoms with Crippen LogP contribution < -0.4 is 10.6 Å². The van der Waals surface area contributed by atoms with E-state index in [4.69, 9.17) is 0 Å². The maximum absolute atomic E-state index is 12.6. The average Bonchev–Trinajstić information content (AvgIpc) is 3.31. The van der Waals surface area contributed by atoms with Crippen LogP contribution in [0.5, 0.6) is 0 Å². The number of halogens is 3. The Morgan fingerprint density at radius 3 is 2.89 bits per heavy atom. The van der Waals surface area contributed by atoms with Gasteiger partial charge in [-0.3, -0.25) is 4.90 Å². The molecule has 0 aliphatic carbocycles. The number of aromatic nitrogens is 2. The molecule has 1 aliphatic heterocycles. The molecule has 6 nitrogen and oxygen atoms in total. The normalized spacial score (nSPS) is 18.4. The fourth-order valence-electron chi connectivity index (χ4n) is 3.25. The van der Waals surface area contributed by atoms with Crippen LogP contribution in [0.2, 0.25) is 0 Å². The van der Waals surface area contributed by atoms with Crippen molar-refractivity contribution in [3.05, 3.63) is 48.3 Å². The molecule has 0 amide bonds. The van der Waals surface area contributed by atoms with E-state index in [1.165, 1.54) is 4.90 Å². The summed E-state index contributed by atoms with van der Waals surface area (Å²) in [6.07, 6.45) is 0.102. The minimum Gasteiger partial charge on any atom is -0.357 e. The topological polar surface area (TPSA) is 57.5 Å². The third-order valence-corrected chi connectivity index (χ3v) is 4.46. The molecule has 3 rings (SSSR count). The Kier molecular flexibility index (Phi) is 6.56. The Hall–Kier alpha value is -2.55. The van der Waals surface area contributed by atoms with Crippen molar-refractivity contribution in [3.63, 3.8) is 0 Å². The van der Waals surface area contributed by atoms with Crippen molar-refractivity contribution in [3.8, 4) is 5.69 Å². The first-order valence-corrected chi connectivity index (χ1v) is 9.36. The largest absolute Gasteiger partial charge is 0.401 e. The van der Waals surface area contributed by atoms with Gasteiger partial charge in [0.15, 0.2) is 5.96 Å². The van der Waals surface area contributed by atoms with Gasteiger partial charge in [-0.25, -0.2) is 9.67 Å². The van der Waals surface area contributed by atoms with Crippen LogP contribution in [0.3, 0.4) is 0 Å². The Labute approximate surface area is 162 Å². The van der Waals surface area contributed by atoms with E-state index in [1.807, 2.05) is 43.5 Å². The van der Waals surface area contributed by atoms with Crippen molar-refractivity contribution >= 4 is 5.96 Å². The highest BCUT2D eigenvalue weighted by molar-refractivity contribution is 5.80. The standard InChI is InChI=1S/C19H25F3N6/c1-2-23-18(26-16-7-10-27(13-16)14-19(20,21)22)24-12-15-5-3-6-17(11-15)28-9-4-8-25-28/h3-6,8-9,11,16H,2,7,10,12-14H2,1H3,(H2,23,24,26). The van der Waals surface area contributed by atoms with Crippen LogP contribution in [0.15, 0.2) is 47.7 Å². The van der Waals surface area contributed by atoms with Gasteiger partial charge in [-0.05, 0) is 37.1 Å². The second kappa shape index (κ2) is 9.09. The smallest absolute Gasteiger partial charge is 0.357 e. The minimum absolute atomic E-state index is 0.0458. The molecular formula is C19H25F3N6. The summed E-state index contributed by atoms with van der Waals surface area (Å²) < 4.78 is 39.5. The predicted octanol–water partition coefficient (Wildman–Crippen LogP) is 2.56. The molecule has 2 N–H and O–H groups in total. The van der Waals surface area contributed by atoms with Gasteiger partial charge in [0.25, 0.3) is 0 Å². The highest BCUT2D eigenvalue weighted by Crippen LogP contribution is 2.20. The number of rotatable bonds is 6. The Morgan fingerprint density at radius 1 is 1.32 bits per heavy atom. The second-order valence-electron chi connectivity index (χ2n) is 6.80. The lowest BCUT2D eigenvalue weighted by Gasteiger charge is -2.19. The number of nitrogens with zero attached hydrogens (tertiary/aromatic N) is 4. The summed E-state index contributed by atoms with van der Waals surface area (Å²) >= 11 is 0. The first-order chi connectivity index (χ1) is 13.4. The van der Waals surface area contributed by atoms with Crippen molar-refractivity contribution < 1.29 is 13.2 Å². The number of guanidine groups is 1. The maximum atomic E-state index is 12.6. The fraction of sp³-hybridized carbons (Fsp3) is 0.474. The van der Waals surface area contributed by atoms with Crippen molar-refractivity contribution in [2.75, 3.05) is 26.2 Å². The summed E-state index contributed by atoms with van der Waals surface area (Å²) in [6.45, 7) is 3.03. The number of likely N-dealkylation sites (tertiary alicyclic amines) is 1. The quantitative estimate of drug-likeness (QED) is 0.584. The molecule has 1 aromatic carbocycles. The molecular weight excluding hydrogens is 369 g/mol. The van der Waals surface area contributed by atoms with E-state index in [2.05, 4.69) is 20.7 Å². The van der Waals surface area contributed by atoms with E-state index in [0.717, 1.165) is 11.3 Å². The molecule has 1 fully saturated rings. The van der Waals surface area contributed by atoms with Gasteiger partial charge >= 0.3 is 6.18 Å². The zero-order chi connectivity index (χ0) is 20.0. The number of alkyl halides is 3. The van der Waals surface area contributed by atoms with E-state index in [1.54, 1.807) is 10.9 Å². The van der Waals surface area contributed by atoms with Crippen LogP contribution in [0, 0.1) is 0 Å². The fourth-order valence-corrected chi connectivity index (χ4v) is 3.25. The van der Waals surface area contributed by atoms with Crippen LogP contribution in [-0.2, 0) is 6.54 Å². The molecule has 152 valence electrons. The molecule has 0 saturated carbocycles. The highest BCUT2D eigenvalue weighted by atomic mass is 19.4. The number of aliphatic imine (C=N–C) groups is 1. The second-order valence-corrected chi connectivity index (χ2v) is 6.80. The monoisotopic (exact) mass is 394 g/mol. The third-order valence-electron chi connectivity index (χ3n) is 4.46. The van der Waals surface area contributed by atoms with Crippen molar-refractivity contribution in [1.29, 1.82) is 0 Å². The lowest BCUT2D eigenvalue weighted by molar-refractivity contribution is -0.143. The summed E-state index contributed by atoms with van der Waals surface area (Å²) in [6, 6.07) is 9.74. The van der Waals surface area contributed by atoms with Crippen molar-refractivity contribution in [2.45, 2.75) is 32.1 Å². The molecule has 0 spiro atoms. The zero-order valence-corrected chi connectivity index (χ0v) is 15.8. The van der Waals surface area contributed by atoms with Gasteiger partial charge in [0, 0.05) is 38.1 Å². The van der Waals surface area contributed by atoms with Gasteiger partial charge in [-0.15, -0.1) is 0 Å². The molecule has 2 heterocycles. The Morgan fingerprint density at radius 2 is 2.18 bits per heavy atom. The summed E-state index contributed by atoms with van der Waals surface area (Å²) in [5, 5.41) is 10.6. The number of hydrogen-bond donors (Lipinski definition) is 2. The average molecular weight is 394 g/mol. The van der Waals surface area contributed by atoms with Crippen LogP contribution in [0.4, 0.5) is 13.2 Å². The van der Waals surface area contributed by atoms with Crippen LogP contribution in [0.1, 0.15) is 18.9 Å². The molecule has 28 heavy (non-hydrogen) atoms. The summed E-state index contributed by atoms with van der Waals surface area (Å²) in [5.74, 6) is 0.617. The van der Waals surface area contributed by atoms with Crippen LogP contribution in [-0.4, -0.2) is 59.0 Å². The summed E-state index contributed by atoms with van der Waals surface area (Å²) in [7, 11) is 0. The molecule has 1 saturated heterocycles. The van der Waals surface area contributed by atoms with E-state index >= 15 is 0 Å². The number of benzene rings is 1. The van der Waals surface area contributed by atoms with Gasteiger partial charge in [0.1, 0.15) is 0 Å². The van der Waals surface area contributed by atoms with Crippen molar-refractivity contribution in [2.24, 2.45) is 4.99 Å². The predicted molar refractivity (Wildman–Crippen MR) is 102 cm³/mol. The van der Waals surface area contributed by atoms with E-state index < -0.39 is 12.7 Å². The first kappa shape index (κ1) is 20.2. The molecule has 1 atom stereocenters. The molecule has 0 radical (unpaired) electrons. The maximum Gasteiger partial charge on any atom is 0.401 e. The third kappa shape index (κ3) is 5.98.